The van der Waals surface area contributed by atoms with Crippen molar-refractivity contribution in [1.82, 2.24) is 0 Å². The Kier molecular flexibility index (Phi) is 0.963. The molecule has 0 aromatic carbocycles. The van der Waals surface area contributed by atoms with Crippen molar-refractivity contribution in [2.24, 2.45) is 17.6 Å². The van der Waals surface area contributed by atoms with Crippen molar-refractivity contribution in [3.05, 3.63) is 0 Å². The van der Waals surface area contributed by atoms with Crippen LogP contribution in [0.2, 0.25) is 0 Å². The van der Waals surface area contributed by atoms with Crippen molar-refractivity contribution < 1.29 is 0 Å². The van der Waals surface area contributed by atoms with Gasteiger partial charge in [-0.1, -0.05) is 6.42 Å². The monoisotopic (exact) mass is 125 g/mol. The first-order valence-electron chi connectivity index (χ1n) is 3.97. The van der Waals surface area contributed by atoms with Crippen LogP contribution in [0.3, 0.4) is 0 Å². The van der Waals surface area contributed by atoms with Crippen LogP contribution in [0.4, 0.5) is 0 Å². The molecule has 0 amide bonds. The van der Waals surface area contributed by atoms with Crippen LogP contribution in [-0.4, -0.2) is 5.54 Å². The van der Waals surface area contributed by atoms with Crippen LogP contribution >= 0.6 is 0 Å². The van der Waals surface area contributed by atoms with Crippen LogP contribution in [0.15, 0.2) is 0 Å². The smallest absolute Gasteiger partial charge is 0.0157 e. The molecule has 2 N–H and O–H groups in total. The Morgan fingerprint density at radius 1 is 1.44 bits per heavy atom. The van der Waals surface area contributed by atoms with E-state index < -0.39 is 0 Å². The molecule has 2 rings (SSSR count). The fourth-order valence-electron chi connectivity index (χ4n) is 2.65. The summed E-state index contributed by atoms with van der Waals surface area (Å²) in [5.74, 6) is 1.85. The lowest BCUT2D eigenvalue weighted by molar-refractivity contribution is 0.297. The van der Waals surface area contributed by atoms with E-state index in [1.807, 2.05) is 0 Å². The van der Waals surface area contributed by atoms with E-state index in [1.54, 1.807) is 0 Å². The normalized spacial score (nSPS) is 56.7. The van der Waals surface area contributed by atoms with Crippen molar-refractivity contribution >= 4 is 0 Å². The molecular weight excluding hydrogens is 110 g/mol. The zero-order valence-electron chi connectivity index (χ0n) is 6.06. The third-order valence-corrected chi connectivity index (χ3v) is 3.20. The van der Waals surface area contributed by atoms with E-state index in [4.69, 9.17) is 5.73 Å². The molecule has 0 aromatic rings. The van der Waals surface area contributed by atoms with E-state index in [9.17, 15) is 0 Å². The Labute approximate surface area is 56.6 Å². The summed E-state index contributed by atoms with van der Waals surface area (Å²) < 4.78 is 0. The molecule has 0 unspecified atom stereocenters. The maximum absolute atomic E-state index is 6.06. The maximum Gasteiger partial charge on any atom is 0.0157 e. The summed E-state index contributed by atoms with van der Waals surface area (Å²) >= 11 is 0. The molecule has 52 valence electrons. The van der Waals surface area contributed by atoms with Gasteiger partial charge in [0, 0.05) is 5.54 Å². The summed E-state index contributed by atoms with van der Waals surface area (Å²) in [5, 5.41) is 0. The second-order valence-corrected chi connectivity index (χ2v) is 4.09. The van der Waals surface area contributed by atoms with Crippen molar-refractivity contribution in [3.63, 3.8) is 0 Å². The minimum Gasteiger partial charge on any atom is -0.325 e. The van der Waals surface area contributed by atoms with E-state index >= 15 is 0 Å². The second-order valence-electron chi connectivity index (χ2n) is 4.09. The Morgan fingerprint density at radius 2 is 2.22 bits per heavy atom. The molecule has 9 heavy (non-hydrogen) atoms. The Bertz CT molecular complexity index is 129. The second kappa shape index (κ2) is 1.51. The van der Waals surface area contributed by atoms with Gasteiger partial charge in [-0.3, -0.25) is 0 Å². The maximum atomic E-state index is 6.06. The summed E-state index contributed by atoms with van der Waals surface area (Å²) in [6.45, 7) is 2.22. The van der Waals surface area contributed by atoms with Crippen LogP contribution in [0.25, 0.3) is 0 Å². The van der Waals surface area contributed by atoms with Crippen LogP contribution in [-0.2, 0) is 0 Å². The highest BCUT2D eigenvalue weighted by atomic mass is 14.8. The van der Waals surface area contributed by atoms with Crippen LogP contribution in [0.1, 0.15) is 32.6 Å². The van der Waals surface area contributed by atoms with Gasteiger partial charge in [-0.15, -0.1) is 0 Å². The first kappa shape index (κ1) is 5.72. The molecule has 0 spiro atoms. The average molecular weight is 125 g/mol. The topological polar surface area (TPSA) is 26.0 Å². The molecule has 2 bridgehead atoms. The highest BCUT2D eigenvalue weighted by Crippen LogP contribution is 2.49. The van der Waals surface area contributed by atoms with Crippen molar-refractivity contribution in [2.45, 2.75) is 38.1 Å². The SMILES string of the molecule is C[C@]1(N)C[C@@H]2CC[C@H]1C2. The third-order valence-electron chi connectivity index (χ3n) is 3.20. The van der Waals surface area contributed by atoms with Gasteiger partial charge < -0.3 is 5.73 Å². The summed E-state index contributed by atoms with van der Waals surface area (Å²) in [4.78, 5) is 0. The van der Waals surface area contributed by atoms with Gasteiger partial charge >= 0.3 is 0 Å². The van der Waals surface area contributed by atoms with Crippen LogP contribution < -0.4 is 5.73 Å². The van der Waals surface area contributed by atoms with E-state index in [1.165, 1.54) is 25.7 Å². The van der Waals surface area contributed by atoms with Gasteiger partial charge in [-0.25, -0.2) is 0 Å². The van der Waals surface area contributed by atoms with Crippen LogP contribution in [0, 0.1) is 11.8 Å². The fourth-order valence-corrected chi connectivity index (χ4v) is 2.65. The number of hydrogen-bond acceptors (Lipinski definition) is 1. The van der Waals surface area contributed by atoms with Gasteiger partial charge in [-0.2, -0.15) is 0 Å². The first-order chi connectivity index (χ1) is 4.18. The lowest BCUT2D eigenvalue weighted by Crippen LogP contribution is -2.41. The van der Waals surface area contributed by atoms with E-state index in [0.29, 0.717) is 0 Å². The summed E-state index contributed by atoms with van der Waals surface area (Å²) in [7, 11) is 0. The lowest BCUT2D eigenvalue weighted by Gasteiger charge is -2.29. The first-order valence-corrected chi connectivity index (χ1v) is 3.97. The van der Waals surface area contributed by atoms with E-state index in [2.05, 4.69) is 6.92 Å². The Hall–Kier alpha value is -0.0400. The van der Waals surface area contributed by atoms with Crippen LogP contribution in [0.5, 0.6) is 0 Å². The Balaban J connectivity index is 2.18. The minimum atomic E-state index is 0.211. The standard InChI is InChI=1S/C8H15N/c1-8(9)5-6-2-3-7(8)4-6/h6-7H,2-5,9H2,1H3/t6-,7+,8+/m1/s1. The molecular formula is C8H15N. The predicted octanol–water partition coefficient (Wildman–Crippen LogP) is 1.52. The molecule has 0 saturated heterocycles. The van der Waals surface area contributed by atoms with Gasteiger partial charge in [0.05, 0.1) is 0 Å². The average Bonchev–Trinajstić information content (AvgIpc) is 2.19. The summed E-state index contributed by atoms with van der Waals surface area (Å²) in [6.07, 6.45) is 5.57. The largest absolute Gasteiger partial charge is 0.325 e. The molecule has 2 aliphatic rings. The summed E-state index contributed by atoms with van der Waals surface area (Å²) in [6, 6.07) is 0. The molecule has 2 saturated carbocycles. The molecule has 1 nitrogen and oxygen atoms in total. The lowest BCUT2D eigenvalue weighted by atomic mass is 9.84. The van der Waals surface area contributed by atoms with Crippen molar-refractivity contribution in [2.75, 3.05) is 0 Å². The van der Waals surface area contributed by atoms with Gasteiger partial charge in [0.1, 0.15) is 0 Å². The molecule has 0 aromatic heterocycles. The minimum absolute atomic E-state index is 0.211. The number of fused-ring (bicyclic) bond motifs is 2. The van der Waals surface area contributed by atoms with Gasteiger partial charge in [0.15, 0.2) is 0 Å². The number of nitrogens with two attached hydrogens (primary N) is 1. The molecule has 0 radical (unpaired) electrons. The zero-order valence-corrected chi connectivity index (χ0v) is 6.06. The quantitative estimate of drug-likeness (QED) is 0.522. The highest BCUT2D eigenvalue weighted by molar-refractivity contribution is 5.01. The van der Waals surface area contributed by atoms with Crippen molar-refractivity contribution in [1.29, 1.82) is 0 Å². The third kappa shape index (κ3) is 0.710. The Morgan fingerprint density at radius 3 is 2.44 bits per heavy atom. The van der Waals surface area contributed by atoms with Gasteiger partial charge in [-0.05, 0) is 38.0 Å². The summed E-state index contributed by atoms with van der Waals surface area (Å²) in [5.41, 5.74) is 6.27. The highest BCUT2D eigenvalue weighted by Gasteiger charge is 2.45. The molecule has 2 fully saturated rings. The predicted molar refractivity (Wildman–Crippen MR) is 38.0 cm³/mol. The van der Waals surface area contributed by atoms with E-state index in [0.717, 1.165) is 11.8 Å². The van der Waals surface area contributed by atoms with Gasteiger partial charge in [0.2, 0.25) is 0 Å². The molecule has 2 aliphatic carbocycles. The zero-order chi connectivity index (χ0) is 6.48. The van der Waals surface area contributed by atoms with Crippen molar-refractivity contribution in [3.8, 4) is 0 Å². The molecule has 0 heterocycles. The number of rotatable bonds is 0. The molecule has 0 aliphatic heterocycles. The van der Waals surface area contributed by atoms with Gasteiger partial charge in [0.25, 0.3) is 0 Å². The molecule has 3 atom stereocenters. The van der Waals surface area contributed by atoms with E-state index in [-0.39, 0.29) is 5.54 Å². The fraction of sp³-hybridized carbons (Fsp3) is 1.00. The molecule has 1 heteroatoms. The number of hydrogen-bond donors (Lipinski definition) is 1.